The number of carbonyl (C=O) groups excluding carboxylic acids is 1. The van der Waals surface area contributed by atoms with Crippen LogP contribution in [0.3, 0.4) is 0 Å². The number of hydrogen-bond acceptors (Lipinski definition) is 8. The quantitative estimate of drug-likeness (QED) is 0.368. The van der Waals surface area contributed by atoms with Crippen molar-refractivity contribution < 1.29 is 9.21 Å². The van der Waals surface area contributed by atoms with Crippen molar-refractivity contribution in [3.63, 3.8) is 0 Å². The fraction of sp³-hybridized carbons (Fsp3) is 0.435. The van der Waals surface area contributed by atoms with Crippen LogP contribution in [0.15, 0.2) is 53.0 Å². The minimum absolute atomic E-state index is 0.123. The zero-order chi connectivity index (χ0) is 23.4. The maximum absolute atomic E-state index is 13.5. The number of carbonyl (C=O) groups is 1. The number of nitrogens with zero attached hydrogens (tertiary/aromatic N) is 7. The van der Waals surface area contributed by atoms with E-state index in [2.05, 4.69) is 45.5 Å². The highest BCUT2D eigenvalue weighted by Crippen LogP contribution is 2.32. The van der Waals surface area contributed by atoms with Gasteiger partial charge in [0.1, 0.15) is 5.76 Å². The molecule has 1 atom stereocenters. The lowest BCUT2D eigenvalue weighted by atomic mass is 10.1. The zero-order valence-electron chi connectivity index (χ0n) is 19.2. The van der Waals surface area contributed by atoms with Gasteiger partial charge in [0.25, 0.3) is 0 Å². The molecule has 0 spiro atoms. The molecule has 33 heavy (non-hydrogen) atoms. The molecule has 1 aliphatic rings. The molecule has 1 aliphatic heterocycles. The van der Waals surface area contributed by atoms with E-state index >= 15 is 0 Å². The highest BCUT2D eigenvalue weighted by atomic mass is 32.2. The Balaban J connectivity index is 1.49. The summed E-state index contributed by atoms with van der Waals surface area (Å²) in [7, 11) is 0. The van der Waals surface area contributed by atoms with Crippen LogP contribution in [0, 0.1) is 12.8 Å². The molecule has 3 aromatic heterocycles. The Morgan fingerprint density at radius 2 is 1.94 bits per heavy atom. The van der Waals surface area contributed by atoms with Crippen LogP contribution < -0.4 is 4.90 Å². The van der Waals surface area contributed by atoms with E-state index in [0.29, 0.717) is 43.8 Å². The molecule has 9 nitrogen and oxygen atoms in total. The highest BCUT2D eigenvalue weighted by Gasteiger charge is 2.32. The molecule has 4 heterocycles. The largest absolute Gasteiger partial charge is 0.469 e. The van der Waals surface area contributed by atoms with Crippen molar-refractivity contribution in [1.82, 2.24) is 29.6 Å². The first-order valence-electron chi connectivity index (χ1n) is 11.1. The highest BCUT2D eigenvalue weighted by molar-refractivity contribution is 8.00. The number of furan rings is 1. The predicted octanol–water partition coefficient (Wildman–Crippen LogP) is 3.29. The molecule has 0 bridgehead atoms. The molecule has 4 rings (SSSR count). The van der Waals surface area contributed by atoms with E-state index in [1.807, 2.05) is 28.5 Å². The Bertz CT molecular complexity index is 1090. The summed E-state index contributed by atoms with van der Waals surface area (Å²) in [5.74, 6) is 2.46. The van der Waals surface area contributed by atoms with Crippen LogP contribution in [0.5, 0.6) is 0 Å². The third kappa shape index (κ3) is 4.95. The van der Waals surface area contributed by atoms with E-state index < -0.39 is 0 Å². The van der Waals surface area contributed by atoms with Gasteiger partial charge in [0.05, 0.1) is 17.1 Å². The number of aryl methyl sites for hydroxylation is 1. The minimum Gasteiger partial charge on any atom is -0.469 e. The summed E-state index contributed by atoms with van der Waals surface area (Å²) in [4.78, 5) is 26.2. The van der Waals surface area contributed by atoms with E-state index in [1.54, 1.807) is 24.7 Å². The predicted molar refractivity (Wildman–Crippen MR) is 128 cm³/mol. The Hall–Kier alpha value is -3.14. The molecule has 1 saturated heterocycles. The first-order valence-corrected chi connectivity index (χ1v) is 11.9. The lowest BCUT2D eigenvalue weighted by molar-refractivity contribution is -0.131. The van der Waals surface area contributed by atoms with Crippen molar-refractivity contribution in [3.8, 4) is 11.4 Å². The van der Waals surface area contributed by atoms with Crippen molar-refractivity contribution in [2.24, 2.45) is 5.92 Å². The summed E-state index contributed by atoms with van der Waals surface area (Å²) in [6.07, 6.45) is 6.93. The summed E-state index contributed by atoms with van der Waals surface area (Å²) < 4.78 is 7.44. The third-order valence-electron chi connectivity index (χ3n) is 5.64. The lowest BCUT2D eigenvalue weighted by Gasteiger charge is -2.36. The Morgan fingerprint density at radius 1 is 1.21 bits per heavy atom. The number of anilines is 1. The number of amides is 1. The molecule has 0 saturated carbocycles. The smallest absolute Gasteiger partial charge is 0.236 e. The van der Waals surface area contributed by atoms with Crippen molar-refractivity contribution in [3.05, 3.63) is 49.2 Å². The summed E-state index contributed by atoms with van der Waals surface area (Å²) >= 11 is 1.47. The maximum atomic E-state index is 13.5. The van der Waals surface area contributed by atoms with Crippen LogP contribution in [0.4, 0.5) is 5.95 Å². The van der Waals surface area contributed by atoms with E-state index in [0.717, 1.165) is 17.1 Å². The van der Waals surface area contributed by atoms with Gasteiger partial charge in [-0.25, -0.2) is 9.97 Å². The minimum atomic E-state index is -0.268. The molecular weight excluding hydrogens is 438 g/mol. The van der Waals surface area contributed by atoms with Crippen molar-refractivity contribution >= 4 is 23.6 Å². The Labute approximate surface area is 197 Å². The van der Waals surface area contributed by atoms with Gasteiger partial charge >= 0.3 is 0 Å². The van der Waals surface area contributed by atoms with E-state index in [4.69, 9.17) is 4.42 Å². The fourth-order valence-electron chi connectivity index (χ4n) is 3.83. The van der Waals surface area contributed by atoms with Gasteiger partial charge in [0.2, 0.25) is 11.9 Å². The van der Waals surface area contributed by atoms with Crippen molar-refractivity contribution in [1.29, 1.82) is 0 Å². The van der Waals surface area contributed by atoms with E-state index in [9.17, 15) is 4.79 Å². The average Bonchev–Trinajstić information content (AvgIpc) is 3.43. The number of piperazine rings is 1. The number of hydrogen-bond donors (Lipinski definition) is 0. The van der Waals surface area contributed by atoms with Gasteiger partial charge in [0.15, 0.2) is 11.0 Å². The zero-order valence-corrected chi connectivity index (χ0v) is 20.0. The Morgan fingerprint density at radius 3 is 2.55 bits per heavy atom. The van der Waals surface area contributed by atoms with Crippen LogP contribution in [-0.4, -0.2) is 67.0 Å². The number of aromatic nitrogens is 5. The van der Waals surface area contributed by atoms with Gasteiger partial charge in [-0.1, -0.05) is 31.7 Å². The molecule has 10 heteroatoms. The summed E-state index contributed by atoms with van der Waals surface area (Å²) in [6, 6.07) is 3.69. The van der Waals surface area contributed by atoms with Crippen LogP contribution in [0.25, 0.3) is 11.4 Å². The fourth-order valence-corrected chi connectivity index (χ4v) is 4.96. The second-order valence-corrected chi connectivity index (χ2v) is 9.35. The lowest BCUT2D eigenvalue weighted by Crippen LogP contribution is -2.52. The van der Waals surface area contributed by atoms with Crippen molar-refractivity contribution in [2.45, 2.75) is 37.7 Å². The topological polar surface area (TPSA) is 93.2 Å². The van der Waals surface area contributed by atoms with Crippen LogP contribution in [0.2, 0.25) is 0 Å². The van der Waals surface area contributed by atoms with Crippen LogP contribution in [-0.2, 0) is 11.3 Å². The average molecular weight is 468 g/mol. The summed E-state index contributed by atoms with van der Waals surface area (Å²) in [5.41, 5.74) is 0.892. The molecule has 1 fully saturated rings. The SMILES string of the molecule is C=CCn1c(SC(C(=O)N2CCN(c3ncccn3)CC2)C(C)C)nnc1-c1ccoc1C. The number of thioether (sulfide) groups is 1. The molecule has 0 N–H and O–H groups in total. The number of rotatable bonds is 8. The van der Waals surface area contributed by atoms with Gasteiger partial charge < -0.3 is 14.2 Å². The van der Waals surface area contributed by atoms with Crippen molar-refractivity contribution in [2.75, 3.05) is 31.1 Å². The molecule has 174 valence electrons. The van der Waals surface area contributed by atoms with E-state index in [1.165, 1.54) is 11.8 Å². The second-order valence-electron chi connectivity index (χ2n) is 8.24. The molecular formula is C23H29N7O2S. The molecule has 0 aliphatic carbocycles. The molecule has 3 aromatic rings. The standard InChI is InChI=1S/C23H29N7O2S/c1-5-10-30-20(18-7-15-32-17(18)4)26-27-23(30)33-19(16(2)3)21(31)28-11-13-29(14-12-28)22-24-8-6-9-25-22/h5-9,15-16,19H,1,10-14H2,2-4H3. The molecule has 0 radical (unpaired) electrons. The van der Waals surface area contributed by atoms with Gasteiger partial charge in [-0.15, -0.1) is 16.8 Å². The van der Waals surface area contributed by atoms with Gasteiger partial charge in [-0.3, -0.25) is 9.36 Å². The second kappa shape index (κ2) is 10.2. The van der Waals surface area contributed by atoms with Gasteiger partial charge in [-0.05, 0) is 25.0 Å². The van der Waals surface area contributed by atoms with E-state index in [-0.39, 0.29) is 17.1 Å². The number of allylic oxidation sites excluding steroid dienone is 1. The molecule has 1 unspecified atom stereocenters. The monoisotopic (exact) mass is 467 g/mol. The summed E-state index contributed by atoms with van der Waals surface area (Å²) in [5, 5.41) is 9.26. The first-order chi connectivity index (χ1) is 16.0. The van der Waals surface area contributed by atoms with Crippen LogP contribution >= 0.6 is 11.8 Å². The Kier molecular flexibility index (Phi) is 7.12. The third-order valence-corrected chi connectivity index (χ3v) is 7.15. The normalized spacial score (nSPS) is 15.2. The molecule has 0 aromatic carbocycles. The molecule has 1 amide bonds. The van der Waals surface area contributed by atoms with Gasteiger partial charge in [-0.2, -0.15) is 0 Å². The maximum Gasteiger partial charge on any atom is 0.236 e. The first kappa shape index (κ1) is 23.0. The summed E-state index contributed by atoms with van der Waals surface area (Å²) in [6.45, 7) is 13.2. The van der Waals surface area contributed by atoms with Crippen LogP contribution in [0.1, 0.15) is 19.6 Å². The van der Waals surface area contributed by atoms with Gasteiger partial charge in [0, 0.05) is 45.1 Å².